The maximum atomic E-state index is 12.2. The molecule has 1 N–H and O–H groups in total. The summed E-state index contributed by atoms with van der Waals surface area (Å²) in [6.07, 6.45) is -0.642. The summed E-state index contributed by atoms with van der Waals surface area (Å²) in [5.41, 5.74) is 2.37. The third kappa shape index (κ3) is 4.60. The molecule has 1 atom stereocenters. The van der Waals surface area contributed by atoms with Gasteiger partial charge in [-0.2, -0.15) is 5.26 Å². The van der Waals surface area contributed by atoms with Gasteiger partial charge >= 0.3 is 0 Å². The molecule has 0 aliphatic heterocycles. The Morgan fingerprint density at radius 2 is 1.83 bits per heavy atom. The van der Waals surface area contributed by atoms with Crippen LogP contribution in [0.15, 0.2) is 48.5 Å². The van der Waals surface area contributed by atoms with Crippen LogP contribution in [0.1, 0.15) is 38.8 Å². The standard InChI is InChI=1S/C20H22N2O2/c1-14(19(23)22-17-7-5-6-15(12-17)13-21)24-18-10-8-16(9-11-18)20(2,3)4/h5-12,14H,1-4H3,(H,22,23). The Bertz CT molecular complexity index is 752. The number of ether oxygens (including phenoxy) is 1. The van der Waals surface area contributed by atoms with Gasteiger partial charge in [-0.05, 0) is 48.2 Å². The highest BCUT2D eigenvalue weighted by molar-refractivity contribution is 5.94. The van der Waals surface area contributed by atoms with Crippen molar-refractivity contribution in [3.8, 4) is 11.8 Å². The van der Waals surface area contributed by atoms with Crippen LogP contribution in [0, 0.1) is 11.3 Å². The van der Waals surface area contributed by atoms with Crippen molar-refractivity contribution in [2.45, 2.75) is 39.2 Å². The second kappa shape index (κ2) is 7.18. The van der Waals surface area contributed by atoms with E-state index in [1.165, 1.54) is 5.56 Å². The lowest BCUT2D eigenvalue weighted by Gasteiger charge is -2.20. The first-order chi connectivity index (χ1) is 11.3. The smallest absolute Gasteiger partial charge is 0.265 e. The Hall–Kier alpha value is -2.80. The van der Waals surface area contributed by atoms with Crippen LogP contribution in [0.25, 0.3) is 0 Å². The molecule has 0 saturated heterocycles. The van der Waals surface area contributed by atoms with Crippen LogP contribution in [0.3, 0.4) is 0 Å². The topological polar surface area (TPSA) is 62.1 Å². The summed E-state index contributed by atoms with van der Waals surface area (Å²) in [5, 5.41) is 11.6. The molecule has 4 heteroatoms. The minimum absolute atomic E-state index is 0.0767. The molecule has 24 heavy (non-hydrogen) atoms. The van der Waals surface area contributed by atoms with Crippen molar-refractivity contribution in [3.05, 3.63) is 59.7 Å². The molecule has 0 aliphatic carbocycles. The number of benzene rings is 2. The van der Waals surface area contributed by atoms with E-state index in [-0.39, 0.29) is 11.3 Å². The van der Waals surface area contributed by atoms with Crippen molar-refractivity contribution in [1.82, 2.24) is 0 Å². The fraction of sp³-hybridized carbons (Fsp3) is 0.300. The van der Waals surface area contributed by atoms with E-state index < -0.39 is 6.10 Å². The third-order valence-electron chi connectivity index (χ3n) is 3.66. The Morgan fingerprint density at radius 1 is 1.17 bits per heavy atom. The molecule has 0 saturated carbocycles. The zero-order valence-electron chi connectivity index (χ0n) is 14.5. The minimum Gasteiger partial charge on any atom is -0.481 e. The summed E-state index contributed by atoms with van der Waals surface area (Å²) >= 11 is 0. The highest BCUT2D eigenvalue weighted by atomic mass is 16.5. The molecular formula is C20H22N2O2. The van der Waals surface area contributed by atoms with Gasteiger partial charge in [-0.3, -0.25) is 4.79 Å². The van der Waals surface area contributed by atoms with Gasteiger partial charge in [-0.15, -0.1) is 0 Å². The van der Waals surface area contributed by atoms with Gasteiger partial charge in [0.15, 0.2) is 6.10 Å². The van der Waals surface area contributed by atoms with E-state index >= 15 is 0 Å². The quantitative estimate of drug-likeness (QED) is 0.914. The molecule has 0 bridgehead atoms. The Morgan fingerprint density at radius 3 is 2.42 bits per heavy atom. The molecule has 0 fully saturated rings. The number of carbonyl (C=O) groups excluding carboxylic acids is 1. The first kappa shape index (κ1) is 17.6. The molecule has 1 amide bonds. The van der Waals surface area contributed by atoms with Crippen LogP contribution < -0.4 is 10.1 Å². The van der Waals surface area contributed by atoms with Crippen molar-refractivity contribution in [2.24, 2.45) is 0 Å². The second-order valence-corrected chi connectivity index (χ2v) is 6.72. The Labute approximate surface area is 143 Å². The van der Waals surface area contributed by atoms with Crippen molar-refractivity contribution in [3.63, 3.8) is 0 Å². The molecule has 0 radical (unpaired) electrons. The Balaban J connectivity index is 2.00. The van der Waals surface area contributed by atoms with E-state index in [9.17, 15) is 4.79 Å². The molecule has 0 aliphatic rings. The highest BCUT2D eigenvalue weighted by Gasteiger charge is 2.17. The third-order valence-corrected chi connectivity index (χ3v) is 3.66. The van der Waals surface area contributed by atoms with Crippen molar-refractivity contribution < 1.29 is 9.53 Å². The molecule has 2 aromatic carbocycles. The lowest BCUT2D eigenvalue weighted by molar-refractivity contribution is -0.122. The average Bonchev–Trinajstić information content (AvgIpc) is 2.54. The monoisotopic (exact) mass is 322 g/mol. The first-order valence-corrected chi connectivity index (χ1v) is 7.88. The van der Waals surface area contributed by atoms with E-state index in [2.05, 4.69) is 26.1 Å². The number of anilines is 1. The van der Waals surface area contributed by atoms with Crippen LogP contribution in [-0.4, -0.2) is 12.0 Å². The maximum Gasteiger partial charge on any atom is 0.265 e. The molecule has 124 valence electrons. The van der Waals surface area contributed by atoms with Crippen LogP contribution in [-0.2, 0) is 10.2 Å². The largest absolute Gasteiger partial charge is 0.481 e. The number of hydrogen-bond donors (Lipinski definition) is 1. The van der Waals surface area contributed by atoms with Crippen LogP contribution >= 0.6 is 0 Å². The van der Waals surface area contributed by atoms with Gasteiger partial charge in [-0.25, -0.2) is 0 Å². The number of hydrogen-bond acceptors (Lipinski definition) is 3. The summed E-state index contributed by atoms with van der Waals surface area (Å²) in [4.78, 5) is 12.2. The van der Waals surface area contributed by atoms with Gasteiger partial charge in [0, 0.05) is 5.69 Å². The van der Waals surface area contributed by atoms with Crippen molar-refractivity contribution >= 4 is 11.6 Å². The molecule has 0 heterocycles. The highest BCUT2D eigenvalue weighted by Crippen LogP contribution is 2.24. The van der Waals surface area contributed by atoms with Crippen LogP contribution in [0.5, 0.6) is 5.75 Å². The Kier molecular flexibility index (Phi) is 5.25. The second-order valence-electron chi connectivity index (χ2n) is 6.72. The van der Waals surface area contributed by atoms with Crippen LogP contribution in [0.4, 0.5) is 5.69 Å². The number of nitrogens with one attached hydrogen (secondary N) is 1. The summed E-state index contributed by atoms with van der Waals surface area (Å²) in [7, 11) is 0. The number of carbonyl (C=O) groups is 1. The number of nitrogens with zero attached hydrogens (tertiary/aromatic N) is 1. The molecule has 0 aromatic heterocycles. The van der Waals surface area contributed by atoms with Gasteiger partial charge in [0.05, 0.1) is 11.6 Å². The van der Waals surface area contributed by atoms with E-state index in [0.717, 1.165) is 0 Å². The number of rotatable bonds is 4. The van der Waals surface area contributed by atoms with Gasteiger partial charge in [0.1, 0.15) is 5.75 Å². The zero-order valence-corrected chi connectivity index (χ0v) is 14.5. The van der Waals surface area contributed by atoms with Gasteiger partial charge in [0.2, 0.25) is 0 Å². The summed E-state index contributed by atoms with van der Waals surface area (Å²) in [6.45, 7) is 8.14. The predicted molar refractivity (Wildman–Crippen MR) is 95.0 cm³/mol. The fourth-order valence-corrected chi connectivity index (χ4v) is 2.20. The predicted octanol–water partition coefficient (Wildman–Crippen LogP) is 4.26. The lowest BCUT2D eigenvalue weighted by atomic mass is 9.87. The van der Waals surface area contributed by atoms with Gasteiger partial charge in [-0.1, -0.05) is 39.0 Å². The minimum atomic E-state index is -0.642. The van der Waals surface area contributed by atoms with Gasteiger partial charge in [0.25, 0.3) is 5.91 Å². The van der Waals surface area contributed by atoms with E-state index in [4.69, 9.17) is 10.00 Å². The first-order valence-electron chi connectivity index (χ1n) is 7.88. The van der Waals surface area contributed by atoms with Crippen molar-refractivity contribution in [2.75, 3.05) is 5.32 Å². The SMILES string of the molecule is CC(Oc1ccc(C(C)(C)C)cc1)C(=O)Nc1cccc(C#N)c1. The summed E-state index contributed by atoms with van der Waals surface area (Å²) < 4.78 is 5.70. The molecule has 4 nitrogen and oxygen atoms in total. The molecule has 1 unspecified atom stereocenters. The molecule has 2 rings (SSSR count). The number of amides is 1. The van der Waals surface area contributed by atoms with E-state index in [0.29, 0.717) is 17.0 Å². The van der Waals surface area contributed by atoms with E-state index in [1.807, 2.05) is 30.3 Å². The summed E-state index contributed by atoms with van der Waals surface area (Å²) in [6, 6.07) is 16.6. The molecule has 2 aromatic rings. The lowest BCUT2D eigenvalue weighted by Crippen LogP contribution is -2.30. The fourth-order valence-electron chi connectivity index (χ4n) is 2.20. The summed E-state index contributed by atoms with van der Waals surface area (Å²) in [5.74, 6) is 0.390. The molecular weight excluding hydrogens is 300 g/mol. The molecule has 0 spiro atoms. The van der Waals surface area contributed by atoms with E-state index in [1.54, 1.807) is 31.2 Å². The maximum absolute atomic E-state index is 12.2. The number of nitriles is 1. The zero-order chi connectivity index (χ0) is 17.7. The van der Waals surface area contributed by atoms with Crippen molar-refractivity contribution in [1.29, 1.82) is 5.26 Å². The van der Waals surface area contributed by atoms with Gasteiger partial charge < -0.3 is 10.1 Å². The van der Waals surface area contributed by atoms with Crippen LogP contribution in [0.2, 0.25) is 0 Å². The average molecular weight is 322 g/mol. The normalized spacial score (nSPS) is 12.1.